The molecule has 4 aliphatic rings. The van der Waals surface area contributed by atoms with E-state index in [-0.39, 0.29) is 0 Å². The Hall–Kier alpha value is -10.8. The van der Waals surface area contributed by atoms with E-state index in [4.69, 9.17) is 4.42 Å². The van der Waals surface area contributed by atoms with E-state index in [0.29, 0.717) is 0 Å². The number of nitrogens with zero attached hydrogens (tertiary/aromatic N) is 14. The summed E-state index contributed by atoms with van der Waals surface area (Å²) in [6.45, 7) is 3.68. The molecule has 0 aliphatic carbocycles. The van der Waals surface area contributed by atoms with E-state index < -0.39 is 0 Å². The summed E-state index contributed by atoms with van der Waals surface area (Å²) >= 11 is 1.86. The molecule has 0 amide bonds. The zero-order chi connectivity index (χ0) is 54.4. The van der Waals surface area contributed by atoms with Crippen LogP contribution in [0.1, 0.15) is 22.3 Å². The third-order valence-electron chi connectivity index (χ3n) is 17.0. The van der Waals surface area contributed by atoms with Crippen molar-refractivity contribution in [2.45, 2.75) is 26.2 Å². The second-order valence-electron chi connectivity index (χ2n) is 21.5. The second kappa shape index (κ2) is 17.6. The first-order chi connectivity index (χ1) is 41.1. The molecule has 83 heavy (non-hydrogen) atoms. The molecule has 0 atom stereocenters. The Morgan fingerprint density at radius 1 is 0.386 bits per heavy atom. The number of hydrogen-bond acceptors (Lipinski definition) is 6. The molecule has 394 valence electrons. The van der Waals surface area contributed by atoms with E-state index in [0.717, 1.165) is 59.7 Å². The van der Waals surface area contributed by atoms with E-state index in [1.54, 1.807) is 6.20 Å². The van der Waals surface area contributed by atoms with Crippen molar-refractivity contribution in [2.24, 2.45) is 7.05 Å². The highest BCUT2D eigenvalue weighted by atomic mass is 32.1. The van der Waals surface area contributed by atoms with Gasteiger partial charge in [-0.3, -0.25) is 0 Å². The highest BCUT2D eigenvalue weighted by molar-refractivity contribution is 7.21. The van der Waals surface area contributed by atoms with Gasteiger partial charge in [0, 0.05) is 47.0 Å². The maximum absolute atomic E-state index is 6.02. The molecule has 4 aliphatic heterocycles. The Labute approximate surface area is 476 Å². The van der Waals surface area contributed by atoms with Crippen LogP contribution in [0.25, 0.3) is 116 Å². The zero-order valence-corrected chi connectivity index (χ0v) is 45.6. The van der Waals surface area contributed by atoms with E-state index in [2.05, 4.69) is 225 Å². The summed E-state index contributed by atoms with van der Waals surface area (Å²) in [5.74, 6) is 3.49. The lowest BCUT2D eigenvalue weighted by Gasteiger charge is -2.01. The van der Waals surface area contributed by atoms with Crippen molar-refractivity contribution in [3.63, 3.8) is 0 Å². The van der Waals surface area contributed by atoms with Gasteiger partial charge in [-0.15, -0.1) is 4.57 Å². The predicted octanol–water partition coefficient (Wildman–Crippen LogP) is 11.0. The minimum atomic E-state index is 0.868. The monoisotopic (exact) mass is 1100 g/mol. The predicted molar refractivity (Wildman–Crippen MR) is 318 cm³/mol. The standard InChI is InChI=1S/C21H15N4.C16H13N4.C15H10N3O.C15H10N3S/c1-2-8-16(9-3-1)25-19-14-24-18(11-6-12-22-24)20(19)23-13-15-7-4-5-10-17(15)21(23)25;1-18-14-10-20-13(7-4-8-17-20)15(14)19-9-11-5-2-3-6-12(11)16(18)19;2*1-2-5-11-10(4-1)8-17-14-12-6-3-7-16-18(12)9-13(14)19-15(11)17/h1-12,14H,13H2;2-8,10H,9H2,1H3;2*1-7,9H,8H2/q4*+1. The molecule has 0 saturated heterocycles. The van der Waals surface area contributed by atoms with Gasteiger partial charge in [0.15, 0.2) is 18.6 Å². The Kier molecular flexibility index (Phi) is 9.74. The minimum Gasteiger partial charge on any atom is -0.396 e. The molecule has 0 N–H and O–H groups in total. The van der Waals surface area contributed by atoms with Crippen LogP contribution in [-0.2, 0) is 33.2 Å². The fourth-order valence-electron chi connectivity index (χ4n) is 13.4. The van der Waals surface area contributed by atoms with Crippen LogP contribution in [-0.4, -0.2) is 47.6 Å². The molecule has 0 fully saturated rings. The number of imidazole rings is 2. The fourth-order valence-corrected chi connectivity index (χ4v) is 14.7. The van der Waals surface area contributed by atoms with Gasteiger partial charge in [-0.05, 0) is 84.9 Å². The molecule has 5 aromatic carbocycles. The Morgan fingerprint density at radius 2 is 0.843 bits per heavy atom. The molecule has 0 spiro atoms. The lowest BCUT2D eigenvalue weighted by atomic mass is 10.1. The van der Waals surface area contributed by atoms with Crippen molar-refractivity contribution in [1.29, 1.82) is 0 Å². The molecular formula is C67H48N14OS+4. The molecule has 0 saturated carbocycles. The van der Waals surface area contributed by atoms with Gasteiger partial charge < -0.3 is 4.42 Å². The highest BCUT2D eigenvalue weighted by Crippen LogP contribution is 2.39. The van der Waals surface area contributed by atoms with Crippen LogP contribution in [0.2, 0.25) is 0 Å². The number of oxazole rings is 1. The lowest BCUT2D eigenvalue weighted by Crippen LogP contribution is -2.31. The van der Waals surface area contributed by atoms with Crippen molar-refractivity contribution in [2.75, 3.05) is 0 Å². The molecular weight excluding hydrogens is 1050 g/mol. The zero-order valence-electron chi connectivity index (χ0n) is 44.8. The first kappa shape index (κ1) is 46.0. The summed E-state index contributed by atoms with van der Waals surface area (Å²) < 4.78 is 29.2. The molecule has 21 rings (SSSR count). The van der Waals surface area contributed by atoms with Crippen molar-refractivity contribution in [3.05, 3.63) is 248 Å². The summed E-state index contributed by atoms with van der Waals surface area (Å²) in [5.41, 5.74) is 24.7. The van der Waals surface area contributed by atoms with Crippen LogP contribution >= 0.6 is 11.3 Å². The largest absolute Gasteiger partial charge is 0.396 e. The number of aryl methyl sites for hydroxylation is 1. The first-order valence-corrected chi connectivity index (χ1v) is 28.6. The third kappa shape index (κ3) is 6.71. The summed E-state index contributed by atoms with van der Waals surface area (Å²) in [6.07, 6.45) is 15.6. The average Bonchev–Trinajstić information content (AvgIpc) is 1.97. The van der Waals surface area contributed by atoms with E-state index in [1.807, 2.05) is 78.5 Å². The molecule has 16 heterocycles. The summed E-state index contributed by atoms with van der Waals surface area (Å²) in [5, 5.41) is 18.9. The van der Waals surface area contributed by atoms with Gasteiger partial charge in [-0.1, -0.05) is 102 Å². The van der Waals surface area contributed by atoms with Gasteiger partial charge in [0.1, 0.15) is 45.5 Å². The molecule has 0 radical (unpaired) electrons. The van der Waals surface area contributed by atoms with Gasteiger partial charge >= 0.3 is 5.89 Å². The van der Waals surface area contributed by atoms with Crippen LogP contribution < -0.4 is 18.3 Å². The van der Waals surface area contributed by atoms with Crippen LogP contribution in [0.4, 0.5) is 0 Å². The van der Waals surface area contributed by atoms with Gasteiger partial charge in [0.25, 0.3) is 27.7 Å². The number of rotatable bonds is 1. The van der Waals surface area contributed by atoms with Crippen molar-refractivity contribution in [3.8, 4) is 50.5 Å². The Balaban J connectivity index is 0.0000000851. The summed E-state index contributed by atoms with van der Waals surface area (Å²) in [7, 11) is 2.13. The van der Waals surface area contributed by atoms with Crippen LogP contribution in [0.3, 0.4) is 0 Å². The number of aromatic nitrogens is 14. The van der Waals surface area contributed by atoms with E-state index in [9.17, 15) is 0 Å². The van der Waals surface area contributed by atoms with Crippen LogP contribution in [0.5, 0.6) is 0 Å². The number of para-hydroxylation sites is 1. The molecule has 0 bridgehead atoms. The van der Waals surface area contributed by atoms with Crippen molar-refractivity contribution < 1.29 is 22.7 Å². The van der Waals surface area contributed by atoms with Gasteiger partial charge in [0.05, 0.1) is 54.1 Å². The number of thiazole rings is 1. The molecule has 16 heteroatoms. The first-order valence-electron chi connectivity index (χ1n) is 27.8. The van der Waals surface area contributed by atoms with E-state index in [1.165, 1.54) is 105 Å². The van der Waals surface area contributed by atoms with Crippen molar-refractivity contribution in [1.82, 2.24) is 47.6 Å². The SMILES string of the molecule is Cn1c2[n+](c3c1cn1ncccc31)Cc1ccccc1-2.c1ccc(-n2c3[n+](c4c2cn2ncccc42)Cc2ccccc2-3)cc1.c1ccc2c(c1)C[n+]1c-2oc2cn3ncccc3c21.c1ccc2c(c1)C[n+]1c-2sc2cn3ncccc3c21. The third-order valence-corrected chi connectivity index (χ3v) is 18.1. The summed E-state index contributed by atoms with van der Waals surface area (Å²) in [6, 6.07) is 61.4. The van der Waals surface area contributed by atoms with Gasteiger partial charge in [-0.25, -0.2) is 31.8 Å². The smallest absolute Gasteiger partial charge is 0.382 e. The maximum Gasteiger partial charge on any atom is 0.382 e. The minimum absolute atomic E-state index is 0.868. The normalized spacial score (nSPS) is 12.9. The topological polar surface area (TPSA) is 108 Å². The number of fused-ring (bicyclic) bond motifs is 28. The highest BCUT2D eigenvalue weighted by Gasteiger charge is 2.39. The number of benzene rings is 5. The molecule has 0 unspecified atom stereocenters. The molecule has 15 nitrogen and oxygen atoms in total. The van der Waals surface area contributed by atoms with E-state index >= 15 is 0 Å². The lowest BCUT2D eigenvalue weighted by molar-refractivity contribution is -0.648. The van der Waals surface area contributed by atoms with Gasteiger partial charge in [0.2, 0.25) is 22.1 Å². The number of hydrogen-bond donors (Lipinski definition) is 0. The molecule has 12 aromatic heterocycles. The Bertz CT molecular complexity index is 5350. The fraction of sp³-hybridized carbons (Fsp3) is 0.0746. The Morgan fingerprint density at radius 3 is 1.49 bits per heavy atom. The average molecular weight is 1100 g/mol. The van der Waals surface area contributed by atoms with Gasteiger partial charge in [-0.2, -0.15) is 29.5 Å². The second-order valence-corrected chi connectivity index (χ2v) is 22.5. The maximum atomic E-state index is 6.02. The summed E-state index contributed by atoms with van der Waals surface area (Å²) in [4.78, 5) is 0. The van der Waals surface area contributed by atoms with Crippen molar-refractivity contribution >= 4 is 76.8 Å². The quantitative estimate of drug-likeness (QED) is 0.152. The van der Waals surface area contributed by atoms with Crippen LogP contribution in [0, 0.1) is 0 Å². The molecule has 17 aromatic rings. The van der Waals surface area contributed by atoms with Crippen LogP contribution in [0.15, 0.2) is 230 Å².